The van der Waals surface area contributed by atoms with Crippen molar-refractivity contribution in [1.82, 2.24) is 10.2 Å². The summed E-state index contributed by atoms with van der Waals surface area (Å²) < 4.78 is 0. The highest BCUT2D eigenvalue weighted by atomic mass is 32.1. The highest BCUT2D eigenvalue weighted by molar-refractivity contribution is 7.13. The minimum atomic E-state index is 0.182. The van der Waals surface area contributed by atoms with Gasteiger partial charge in [-0.05, 0) is 26.0 Å². The monoisotopic (exact) mass is 224 g/mol. The normalized spacial score (nSPS) is 21.7. The van der Waals surface area contributed by atoms with Gasteiger partial charge in [-0.3, -0.25) is 4.79 Å². The summed E-state index contributed by atoms with van der Waals surface area (Å²) >= 11 is 1.58. The topological polar surface area (TPSA) is 32.3 Å². The Balaban J connectivity index is 2.07. The van der Waals surface area contributed by atoms with Crippen molar-refractivity contribution in [3.05, 3.63) is 21.9 Å². The molecule has 0 unspecified atom stereocenters. The van der Waals surface area contributed by atoms with Crippen molar-refractivity contribution >= 4 is 17.2 Å². The van der Waals surface area contributed by atoms with E-state index >= 15 is 0 Å². The molecule has 4 heteroatoms. The zero-order valence-corrected chi connectivity index (χ0v) is 9.93. The van der Waals surface area contributed by atoms with Crippen LogP contribution in [0.4, 0.5) is 0 Å². The summed E-state index contributed by atoms with van der Waals surface area (Å²) in [5.41, 5.74) is 0. The lowest BCUT2D eigenvalue weighted by Gasteiger charge is -2.31. The second-order valence-corrected chi connectivity index (χ2v) is 5.30. The number of rotatable bonds is 1. The molecule has 1 amide bonds. The number of hydrogen-bond acceptors (Lipinski definition) is 3. The molecular formula is C11H16N2OS. The van der Waals surface area contributed by atoms with E-state index in [0.717, 1.165) is 24.5 Å². The first-order valence-corrected chi connectivity index (χ1v) is 6.07. The number of carbonyl (C=O) groups excluding carboxylic acids is 1. The van der Waals surface area contributed by atoms with Crippen LogP contribution in [0, 0.1) is 6.92 Å². The molecule has 2 rings (SSSR count). The van der Waals surface area contributed by atoms with Crippen LogP contribution in [0.1, 0.15) is 21.5 Å². The van der Waals surface area contributed by atoms with Gasteiger partial charge in [0.2, 0.25) is 0 Å². The summed E-state index contributed by atoms with van der Waals surface area (Å²) in [5, 5.41) is 3.33. The average Bonchev–Trinajstić information content (AvgIpc) is 2.64. The van der Waals surface area contributed by atoms with Crippen LogP contribution in [-0.4, -0.2) is 36.5 Å². The molecule has 0 aromatic carbocycles. The first-order valence-electron chi connectivity index (χ1n) is 5.26. The number of amides is 1. The van der Waals surface area contributed by atoms with Gasteiger partial charge in [0.15, 0.2) is 0 Å². The fraction of sp³-hybridized carbons (Fsp3) is 0.545. The third kappa shape index (κ3) is 2.38. The minimum Gasteiger partial charge on any atom is -0.335 e. The van der Waals surface area contributed by atoms with E-state index in [2.05, 4.69) is 12.2 Å². The Morgan fingerprint density at radius 3 is 3.00 bits per heavy atom. The second-order valence-electron chi connectivity index (χ2n) is 4.02. The molecule has 0 bridgehead atoms. The molecule has 1 aromatic rings. The molecule has 1 aliphatic rings. The molecule has 3 nitrogen and oxygen atoms in total. The van der Waals surface area contributed by atoms with E-state index in [9.17, 15) is 4.79 Å². The van der Waals surface area contributed by atoms with Gasteiger partial charge in [0.05, 0.1) is 4.88 Å². The number of hydrogen-bond donors (Lipinski definition) is 1. The predicted molar refractivity (Wildman–Crippen MR) is 62.4 cm³/mol. The molecule has 15 heavy (non-hydrogen) atoms. The Labute approximate surface area is 94.1 Å². The van der Waals surface area contributed by atoms with Gasteiger partial charge in [0.1, 0.15) is 0 Å². The van der Waals surface area contributed by atoms with Crippen molar-refractivity contribution < 1.29 is 4.79 Å². The third-order valence-electron chi connectivity index (χ3n) is 2.61. The van der Waals surface area contributed by atoms with Crippen molar-refractivity contribution in [2.24, 2.45) is 0 Å². The summed E-state index contributed by atoms with van der Waals surface area (Å²) in [5.74, 6) is 0.182. The number of nitrogens with one attached hydrogen (secondary N) is 1. The number of carbonyl (C=O) groups is 1. The number of nitrogens with zero attached hydrogens (tertiary/aromatic N) is 1. The number of thiophene rings is 1. The van der Waals surface area contributed by atoms with Crippen LogP contribution in [-0.2, 0) is 0 Å². The van der Waals surface area contributed by atoms with Gasteiger partial charge in [-0.2, -0.15) is 0 Å². The summed E-state index contributed by atoms with van der Waals surface area (Å²) in [6.45, 7) is 6.67. The molecule has 0 saturated carbocycles. The second kappa shape index (κ2) is 4.33. The van der Waals surface area contributed by atoms with E-state index in [1.807, 2.05) is 24.0 Å². The van der Waals surface area contributed by atoms with Gasteiger partial charge < -0.3 is 10.2 Å². The van der Waals surface area contributed by atoms with Crippen molar-refractivity contribution in [3.8, 4) is 0 Å². The Hall–Kier alpha value is -0.870. The molecule has 2 heterocycles. The maximum Gasteiger partial charge on any atom is 0.264 e. The molecule has 82 valence electrons. The lowest BCUT2D eigenvalue weighted by molar-refractivity contribution is 0.0714. The Kier molecular flexibility index (Phi) is 3.07. The first-order chi connectivity index (χ1) is 7.16. The highest BCUT2D eigenvalue weighted by Gasteiger charge is 2.22. The largest absolute Gasteiger partial charge is 0.335 e. The third-order valence-corrected chi connectivity index (χ3v) is 3.60. The predicted octanol–water partition coefficient (Wildman–Crippen LogP) is 1.49. The van der Waals surface area contributed by atoms with Crippen LogP contribution in [0.25, 0.3) is 0 Å². The number of piperazine rings is 1. The van der Waals surface area contributed by atoms with E-state index in [0.29, 0.717) is 6.04 Å². The molecule has 0 aliphatic carbocycles. The van der Waals surface area contributed by atoms with Crippen molar-refractivity contribution in [2.75, 3.05) is 19.6 Å². The van der Waals surface area contributed by atoms with Crippen molar-refractivity contribution in [2.45, 2.75) is 19.9 Å². The molecule has 1 aliphatic heterocycles. The Morgan fingerprint density at radius 2 is 2.40 bits per heavy atom. The fourth-order valence-electron chi connectivity index (χ4n) is 1.82. The van der Waals surface area contributed by atoms with Gasteiger partial charge in [-0.15, -0.1) is 11.3 Å². The highest BCUT2D eigenvalue weighted by Crippen LogP contribution is 2.17. The molecular weight excluding hydrogens is 208 g/mol. The SMILES string of the molecule is Cc1ccc(C(=O)N2CCN[C@@H](C)C2)s1. The zero-order chi connectivity index (χ0) is 10.8. The molecule has 0 radical (unpaired) electrons. The average molecular weight is 224 g/mol. The first kappa shape index (κ1) is 10.6. The van der Waals surface area contributed by atoms with Gasteiger partial charge in [0.25, 0.3) is 5.91 Å². The van der Waals surface area contributed by atoms with E-state index in [-0.39, 0.29) is 5.91 Å². The van der Waals surface area contributed by atoms with Gasteiger partial charge in [-0.25, -0.2) is 0 Å². The molecule has 1 N–H and O–H groups in total. The van der Waals surface area contributed by atoms with Crippen molar-refractivity contribution in [3.63, 3.8) is 0 Å². The molecule has 1 aromatic heterocycles. The maximum absolute atomic E-state index is 12.1. The number of aryl methyl sites for hydroxylation is 1. The van der Waals surface area contributed by atoms with Gasteiger partial charge >= 0.3 is 0 Å². The Bertz CT molecular complexity index is 361. The van der Waals surface area contributed by atoms with Crippen LogP contribution in [0.2, 0.25) is 0 Å². The maximum atomic E-state index is 12.1. The lowest BCUT2D eigenvalue weighted by Crippen LogP contribution is -2.51. The van der Waals surface area contributed by atoms with Crippen LogP contribution in [0.3, 0.4) is 0 Å². The quantitative estimate of drug-likeness (QED) is 0.784. The summed E-state index contributed by atoms with van der Waals surface area (Å²) in [6, 6.07) is 4.34. The summed E-state index contributed by atoms with van der Waals surface area (Å²) in [4.78, 5) is 16.1. The molecule has 1 fully saturated rings. The van der Waals surface area contributed by atoms with E-state index in [1.165, 1.54) is 4.88 Å². The smallest absolute Gasteiger partial charge is 0.264 e. The fourth-order valence-corrected chi connectivity index (χ4v) is 2.66. The summed E-state index contributed by atoms with van der Waals surface area (Å²) in [6.07, 6.45) is 0. The molecule has 1 atom stereocenters. The standard InChI is InChI=1S/C11H16N2OS/c1-8-7-13(6-5-12-8)11(14)10-4-3-9(2)15-10/h3-4,8,12H,5-7H2,1-2H3/t8-/m0/s1. The Morgan fingerprint density at radius 1 is 1.60 bits per heavy atom. The summed E-state index contributed by atoms with van der Waals surface area (Å²) in [7, 11) is 0. The van der Waals surface area contributed by atoms with Gasteiger partial charge in [0, 0.05) is 30.6 Å². The van der Waals surface area contributed by atoms with E-state index < -0.39 is 0 Å². The van der Waals surface area contributed by atoms with Crippen LogP contribution < -0.4 is 5.32 Å². The lowest BCUT2D eigenvalue weighted by atomic mass is 10.2. The van der Waals surface area contributed by atoms with Gasteiger partial charge in [-0.1, -0.05) is 0 Å². The van der Waals surface area contributed by atoms with Crippen molar-refractivity contribution in [1.29, 1.82) is 0 Å². The van der Waals surface area contributed by atoms with Crippen LogP contribution in [0.5, 0.6) is 0 Å². The zero-order valence-electron chi connectivity index (χ0n) is 9.12. The van der Waals surface area contributed by atoms with Crippen LogP contribution >= 0.6 is 11.3 Å². The van der Waals surface area contributed by atoms with Crippen LogP contribution in [0.15, 0.2) is 12.1 Å². The molecule has 0 spiro atoms. The minimum absolute atomic E-state index is 0.182. The van der Waals surface area contributed by atoms with E-state index in [1.54, 1.807) is 11.3 Å². The van der Waals surface area contributed by atoms with E-state index in [4.69, 9.17) is 0 Å². The molecule has 1 saturated heterocycles.